The van der Waals surface area contributed by atoms with E-state index in [0.717, 1.165) is 11.3 Å². The molecule has 0 atom stereocenters. The van der Waals surface area contributed by atoms with Gasteiger partial charge in [0.2, 0.25) is 0 Å². The number of thiophene rings is 1. The summed E-state index contributed by atoms with van der Waals surface area (Å²) in [5.74, 6) is -0.473. The summed E-state index contributed by atoms with van der Waals surface area (Å²) < 4.78 is 45.1. The first kappa shape index (κ1) is 17.4. The highest BCUT2D eigenvalue weighted by Gasteiger charge is 2.30. The Bertz CT molecular complexity index is 1240. The molecule has 0 bridgehead atoms. The molecule has 0 saturated heterocycles. The number of nitrogens with zero attached hydrogens (tertiary/aromatic N) is 2. The summed E-state index contributed by atoms with van der Waals surface area (Å²) in [5, 5.41) is 1.61. The van der Waals surface area contributed by atoms with E-state index in [1.165, 1.54) is 42.7 Å². The smallest absolute Gasteiger partial charge is 0.320 e. The van der Waals surface area contributed by atoms with Crippen molar-refractivity contribution < 1.29 is 17.3 Å². The highest BCUT2D eigenvalue weighted by Crippen LogP contribution is 2.33. The molecule has 27 heavy (non-hydrogen) atoms. The van der Waals surface area contributed by atoms with Gasteiger partial charge in [0.25, 0.3) is 0 Å². The summed E-state index contributed by atoms with van der Waals surface area (Å²) in [6.45, 7) is 0. The molecule has 4 aromatic rings. The summed E-state index contributed by atoms with van der Waals surface area (Å²) in [6, 6.07) is 11.3. The number of rotatable bonds is 4. The van der Waals surface area contributed by atoms with Gasteiger partial charge in [-0.25, -0.2) is 9.18 Å². The standard InChI is InChI=1S/C18H11FN2O4S2/c19-14-5-3-12(4-6-14)16-17(13-7-9-20-10-8-13)21(25-18(16)22)27(23,24)15-2-1-11-26-15/h1-11H. The molecule has 0 radical (unpaired) electrons. The van der Waals surface area contributed by atoms with Gasteiger partial charge >= 0.3 is 15.6 Å². The minimum atomic E-state index is -4.12. The predicted molar refractivity (Wildman–Crippen MR) is 98.5 cm³/mol. The van der Waals surface area contributed by atoms with Crippen molar-refractivity contribution in [3.05, 3.63) is 82.5 Å². The Balaban J connectivity index is 2.06. The molecule has 6 nitrogen and oxygen atoms in total. The predicted octanol–water partition coefficient (Wildman–Crippen LogP) is 3.61. The molecular formula is C18H11FN2O4S2. The third-order valence-corrected chi connectivity index (χ3v) is 6.76. The molecule has 0 fully saturated rings. The minimum Gasteiger partial charge on any atom is -0.320 e. The summed E-state index contributed by atoms with van der Waals surface area (Å²) >= 11 is 1.01. The zero-order valence-corrected chi connectivity index (χ0v) is 15.2. The number of benzene rings is 1. The van der Waals surface area contributed by atoms with Crippen LogP contribution in [0.25, 0.3) is 22.4 Å². The van der Waals surface area contributed by atoms with Crippen LogP contribution >= 0.6 is 11.3 Å². The lowest BCUT2D eigenvalue weighted by molar-refractivity contribution is 0.346. The van der Waals surface area contributed by atoms with Crippen LogP contribution in [0.15, 0.2) is 79.8 Å². The molecule has 9 heteroatoms. The quantitative estimate of drug-likeness (QED) is 0.521. The molecule has 0 unspecified atom stereocenters. The van der Waals surface area contributed by atoms with Crippen LogP contribution in [0.1, 0.15) is 0 Å². The lowest BCUT2D eigenvalue weighted by atomic mass is 10.0. The van der Waals surface area contributed by atoms with Gasteiger partial charge < -0.3 is 4.52 Å². The average Bonchev–Trinajstić information content (AvgIpc) is 3.32. The van der Waals surface area contributed by atoms with Gasteiger partial charge in [-0.2, -0.15) is 8.42 Å². The molecule has 0 saturated carbocycles. The van der Waals surface area contributed by atoms with Gasteiger partial charge in [-0.05, 0) is 41.3 Å². The summed E-state index contributed by atoms with van der Waals surface area (Å²) in [5.41, 5.74) is 0.0182. The van der Waals surface area contributed by atoms with Crippen LogP contribution < -0.4 is 5.63 Å². The topological polar surface area (TPSA) is 82.2 Å². The fourth-order valence-corrected chi connectivity index (χ4v) is 4.97. The highest BCUT2D eigenvalue weighted by atomic mass is 32.2. The lowest BCUT2D eigenvalue weighted by Gasteiger charge is -2.08. The second-order valence-corrected chi connectivity index (χ2v) is 8.44. The van der Waals surface area contributed by atoms with Crippen LogP contribution in [0.4, 0.5) is 4.39 Å². The molecule has 3 heterocycles. The third kappa shape index (κ3) is 3.00. The Morgan fingerprint density at radius 1 is 1.00 bits per heavy atom. The first-order valence-electron chi connectivity index (χ1n) is 7.70. The zero-order valence-electron chi connectivity index (χ0n) is 13.6. The normalized spacial score (nSPS) is 11.6. The van der Waals surface area contributed by atoms with Gasteiger partial charge in [0.1, 0.15) is 15.7 Å². The van der Waals surface area contributed by atoms with Crippen molar-refractivity contribution in [1.29, 1.82) is 0 Å². The Morgan fingerprint density at radius 2 is 1.70 bits per heavy atom. The molecule has 0 spiro atoms. The van der Waals surface area contributed by atoms with Crippen LogP contribution in [0.2, 0.25) is 0 Å². The Morgan fingerprint density at radius 3 is 2.33 bits per heavy atom. The number of halogens is 1. The molecule has 136 valence electrons. The second-order valence-electron chi connectivity index (χ2n) is 5.51. The number of hydrogen-bond donors (Lipinski definition) is 0. The van der Waals surface area contributed by atoms with Gasteiger partial charge in [0, 0.05) is 18.0 Å². The average molecular weight is 402 g/mol. The lowest BCUT2D eigenvalue weighted by Crippen LogP contribution is -2.12. The SMILES string of the molecule is O=c1on(S(=O)(=O)c2cccs2)c(-c2ccncc2)c1-c1ccc(F)cc1. The summed E-state index contributed by atoms with van der Waals surface area (Å²) in [4.78, 5) is 16.5. The molecule has 0 amide bonds. The van der Waals surface area contributed by atoms with Gasteiger partial charge in [-0.1, -0.05) is 22.3 Å². The molecular weight excluding hydrogens is 391 g/mol. The molecule has 0 aliphatic heterocycles. The van der Waals surface area contributed by atoms with Crippen LogP contribution in [0, 0.1) is 5.82 Å². The minimum absolute atomic E-state index is 0.0290. The van der Waals surface area contributed by atoms with Crippen molar-refractivity contribution in [3.63, 3.8) is 0 Å². The van der Waals surface area contributed by atoms with Gasteiger partial charge in [0.05, 0.1) is 5.56 Å². The monoisotopic (exact) mass is 402 g/mol. The van der Waals surface area contributed by atoms with E-state index < -0.39 is 21.5 Å². The Labute approximate surface area is 157 Å². The van der Waals surface area contributed by atoms with Crippen LogP contribution in [0.3, 0.4) is 0 Å². The van der Waals surface area contributed by atoms with E-state index in [1.807, 2.05) is 0 Å². The number of pyridine rings is 1. The maximum atomic E-state index is 13.3. The summed E-state index contributed by atoms with van der Waals surface area (Å²) in [6.07, 6.45) is 2.95. The van der Waals surface area contributed by atoms with E-state index in [4.69, 9.17) is 4.52 Å². The van der Waals surface area contributed by atoms with Crippen molar-refractivity contribution in [1.82, 2.24) is 9.13 Å². The fraction of sp³-hybridized carbons (Fsp3) is 0. The summed E-state index contributed by atoms with van der Waals surface area (Å²) in [7, 11) is -4.12. The first-order chi connectivity index (χ1) is 13.0. The first-order valence-corrected chi connectivity index (χ1v) is 10.0. The molecule has 0 N–H and O–H groups in total. The Hall–Kier alpha value is -3.04. The van der Waals surface area contributed by atoms with Crippen molar-refractivity contribution in [3.8, 4) is 22.4 Å². The second kappa shape index (κ2) is 6.60. The van der Waals surface area contributed by atoms with E-state index in [2.05, 4.69) is 4.98 Å². The molecule has 0 aliphatic carbocycles. The van der Waals surface area contributed by atoms with E-state index in [-0.39, 0.29) is 15.5 Å². The van der Waals surface area contributed by atoms with Crippen molar-refractivity contribution >= 4 is 21.4 Å². The van der Waals surface area contributed by atoms with Gasteiger partial charge in [-0.15, -0.1) is 11.3 Å². The third-order valence-electron chi connectivity index (χ3n) is 3.84. The van der Waals surface area contributed by atoms with Crippen molar-refractivity contribution in [2.24, 2.45) is 0 Å². The molecule has 4 rings (SSSR count). The van der Waals surface area contributed by atoms with Crippen molar-refractivity contribution in [2.75, 3.05) is 0 Å². The Kier molecular flexibility index (Phi) is 4.25. The maximum Gasteiger partial charge on any atom is 0.367 e. The maximum absolute atomic E-state index is 13.3. The van der Waals surface area contributed by atoms with Crippen molar-refractivity contribution in [2.45, 2.75) is 4.21 Å². The van der Waals surface area contributed by atoms with Crippen LogP contribution in [0.5, 0.6) is 0 Å². The molecule has 0 aliphatic rings. The van der Waals surface area contributed by atoms with E-state index in [1.54, 1.807) is 23.6 Å². The molecule has 1 aromatic carbocycles. The fourth-order valence-electron chi connectivity index (χ4n) is 2.65. The molecule has 3 aromatic heterocycles. The van der Waals surface area contributed by atoms with E-state index >= 15 is 0 Å². The van der Waals surface area contributed by atoms with Gasteiger partial charge in [-0.3, -0.25) is 4.98 Å². The van der Waals surface area contributed by atoms with E-state index in [0.29, 0.717) is 15.3 Å². The van der Waals surface area contributed by atoms with Crippen LogP contribution in [-0.2, 0) is 10.0 Å². The largest absolute Gasteiger partial charge is 0.367 e. The number of hydrogen-bond acceptors (Lipinski definition) is 6. The van der Waals surface area contributed by atoms with Crippen LogP contribution in [-0.4, -0.2) is 17.5 Å². The zero-order chi connectivity index (χ0) is 19.0. The van der Waals surface area contributed by atoms with Gasteiger partial charge in [0.15, 0.2) is 0 Å². The highest BCUT2D eigenvalue weighted by molar-refractivity contribution is 7.92. The number of aromatic nitrogens is 2. The van der Waals surface area contributed by atoms with E-state index in [9.17, 15) is 17.6 Å².